The minimum atomic E-state index is 0.618. The number of hydrogen-bond donors (Lipinski definition) is 0. The zero-order valence-electron chi connectivity index (χ0n) is 9.72. The van der Waals surface area contributed by atoms with Gasteiger partial charge in [-0.05, 0) is 52.3 Å². The van der Waals surface area contributed by atoms with Gasteiger partial charge < -0.3 is 9.47 Å². The predicted octanol–water partition coefficient (Wildman–Crippen LogP) is 4.06. The predicted molar refractivity (Wildman–Crippen MR) is 72.6 cm³/mol. The van der Waals surface area contributed by atoms with E-state index < -0.39 is 0 Å². The molecule has 2 aromatic rings. The molecule has 0 saturated heterocycles. The second-order valence-electron chi connectivity index (χ2n) is 3.59. The molecule has 2 rings (SSSR count). The summed E-state index contributed by atoms with van der Waals surface area (Å²) in [5.41, 5.74) is 0.618. The van der Waals surface area contributed by atoms with Gasteiger partial charge >= 0.3 is 0 Å². The van der Waals surface area contributed by atoms with Crippen molar-refractivity contribution in [3.8, 4) is 17.2 Å². The zero-order chi connectivity index (χ0) is 13.0. The molecular formula is C14H11BrO3. The number of rotatable bonds is 4. The van der Waals surface area contributed by atoms with Crippen LogP contribution in [0.1, 0.15) is 10.4 Å². The van der Waals surface area contributed by atoms with E-state index in [1.807, 2.05) is 12.1 Å². The zero-order valence-corrected chi connectivity index (χ0v) is 11.3. The van der Waals surface area contributed by atoms with Gasteiger partial charge in [0.2, 0.25) is 0 Å². The van der Waals surface area contributed by atoms with Crippen molar-refractivity contribution >= 4 is 22.2 Å². The fourth-order valence-corrected chi connectivity index (χ4v) is 1.76. The Balaban J connectivity index is 2.24. The van der Waals surface area contributed by atoms with Gasteiger partial charge in [-0.25, -0.2) is 0 Å². The van der Waals surface area contributed by atoms with Crippen LogP contribution in [-0.2, 0) is 0 Å². The summed E-state index contributed by atoms with van der Waals surface area (Å²) in [6.45, 7) is 0. The maximum Gasteiger partial charge on any atom is 0.150 e. The highest BCUT2D eigenvalue weighted by Crippen LogP contribution is 2.32. The molecule has 0 aliphatic carbocycles. The van der Waals surface area contributed by atoms with Crippen LogP contribution in [0.25, 0.3) is 0 Å². The second kappa shape index (κ2) is 5.69. The maximum absolute atomic E-state index is 10.5. The molecule has 0 radical (unpaired) electrons. The Hall–Kier alpha value is -1.81. The summed E-state index contributed by atoms with van der Waals surface area (Å²) in [6.07, 6.45) is 0.797. The van der Waals surface area contributed by atoms with Gasteiger partial charge in [-0.15, -0.1) is 0 Å². The normalized spacial score (nSPS) is 9.89. The van der Waals surface area contributed by atoms with E-state index in [1.165, 1.54) is 0 Å². The number of aldehydes is 1. The summed E-state index contributed by atoms with van der Waals surface area (Å²) in [6, 6.07) is 12.4. The Morgan fingerprint density at radius 1 is 1.06 bits per heavy atom. The van der Waals surface area contributed by atoms with Crippen LogP contribution < -0.4 is 9.47 Å². The molecule has 0 unspecified atom stereocenters. The molecule has 92 valence electrons. The molecule has 0 heterocycles. The molecule has 18 heavy (non-hydrogen) atoms. The Kier molecular flexibility index (Phi) is 3.99. The van der Waals surface area contributed by atoms with Gasteiger partial charge in [-0.1, -0.05) is 0 Å². The maximum atomic E-state index is 10.5. The first-order valence-electron chi connectivity index (χ1n) is 5.29. The number of ether oxygens (including phenoxy) is 2. The van der Waals surface area contributed by atoms with E-state index in [0.29, 0.717) is 17.1 Å². The molecule has 0 aromatic heterocycles. The Labute approximate surface area is 113 Å². The molecule has 4 heteroatoms. The highest BCUT2D eigenvalue weighted by Gasteiger charge is 2.05. The van der Waals surface area contributed by atoms with Crippen LogP contribution in [-0.4, -0.2) is 13.4 Å². The number of carbonyl (C=O) groups excluding carboxylic acids is 1. The standard InChI is InChI=1S/C14H11BrO3/c1-17-12-6-7-13(15)14(8-12)18-11-4-2-10(9-16)3-5-11/h2-9H,1H3. The van der Waals surface area contributed by atoms with Crippen LogP contribution in [0.15, 0.2) is 46.9 Å². The van der Waals surface area contributed by atoms with Crippen molar-refractivity contribution in [1.82, 2.24) is 0 Å². The van der Waals surface area contributed by atoms with Gasteiger partial charge in [0.25, 0.3) is 0 Å². The van der Waals surface area contributed by atoms with Crippen LogP contribution in [0.4, 0.5) is 0 Å². The van der Waals surface area contributed by atoms with Gasteiger partial charge in [-0.3, -0.25) is 4.79 Å². The number of halogens is 1. The number of hydrogen-bond acceptors (Lipinski definition) is 3. The summed E-state index contributed by atoms with van der Waals surface area (Å²) in [7, 11) is 1.60. The van der Waals surface area contributed by atoms with Crippen molar-refractivity contribution in [1.29, 1.82) is 0 Å². The topological polar surface area (TPSA) is 35.5 Å². The van der Waals surface area contributed by atoms with Crippen LogP contribution in [0.3, 0.4) is 0 Å². The third-order valence-electron chi connectivity index (χ3n) is 2.38. The Morgan fingerprint density at radius 3 is 2.33 bits per heavy atom. The molecular weight excluding hydrogens is 296 g/mol. The molecule has 0 N–H and O–H groups in total. The first kappa shape index (κ1) is 12.6. The van der Waals surface area contributed by atoms with E-state index in [0.717, 1.165) is 16.5 Å². The van der Waals surface area contributed by atoms with E-state index in [2.05, 4.69) is 15.9 Å². The molecule has 3 nitrogen and oxygen atoms in total. The van der Waals surface area contributed by atoms with Crippen molar-refractivity contribution in [2.45, 2.75) is 0 Å². The van der Waals surface area contributed by atoms with Gasteiger partial charge in [0, 0.05) is 11.6 Å². The first-order chi connectivity index (χ1) is 8.72. The number of carbonyl (C=O) groups is 1. The summed E-state index contributed by atoms with van der Waals surface area (Å²) in [5.74, 6) is 2.04. The average molecular weight is 307 g/mol. The Morgan fingerprint density at radius 2 is 1.72 bits per heavy atom. The lowest BCUT2D eigenvalue weighted by Crippen LogP contribution is -1.88. The average Bonchev–Trinajstić information content (AvgIpc) is 2.42. The number of benzene rings is 2. The van der Waals surface area contributed by atoms with Gasteiger partial charge in [0.05, 0.1) is 11.6 Å². The van der Waals surface area contributed by atoms with E-state index in [1.54, 1.807) is 37.4 Å². The van der Waals surface area contributed by atoms with E-state index in [9.17, 15) is 4.79 Å². The highest BCUT2D eigenvalue weighted by molar-refractivity contribution is 9.10. The molecule has 0 spiro atoms. The minimum Gasteiger partial charge on any atom is -0.497 e. The van der Waals surface area contributed by atoms with Crippen molar-refractivity contribution in [2.75, 3.05) is 7.11 Å². The smallest absolute Gasteiger partial charge is 0.150 e. The van der Waals surface area contributed by atoms with Gasteiger partial charge in [0.1, 0.15) is 23.5 Å². The molecule has 0 amide bonds. The quantitative estimate of drug-likeness (QED) is 0.799. The second-order valence-corrected chi connectivity index (χ2v) is 4.44. The summed E-state index contributed by atoms with van der Waals surface area (Å²) < 4.78 is 11.7. The van der Waals surface area contributed by atoms with Crippen LogP contribution >= 0.6 is 15.9 Å². The highest BCUT2D eigenvalue weighted by atomic mass is 79.9. The van der Waals surface area contributed by atoms with Crippen LogP contribution in [0, 0.1) is 0 Å². The fraction of sp³-hybridized carbons (Fsp3) is 0.0714. The lowest BCUT2D eigenvalue weighted by atomic mass is 10.2. The minimum absolute atomic E-state index is 0.618. The lowest BCUT2D eigenvalue weighted by Gasteiger charge is -2.09. The monoisotopic (exact) mass is 306 g/mol. The van der Waals surface area contributed by atoms with Crippen LogP contribution in [0.2, 0.25) is 0 Å². The van der Waals surface area contributed by atoms with Gasteiger partial charge in [0.15, 0.2) is 0 Å². The van der Waals surface area contributed by atoms with Crippen molar-refractivity contribution in [3.63, 3.8) is 0 Å². The fourth-order valence-electron chi connectivity index (χ4n) is 1.43. The third-order valence-corrected chi connectivity index (χ3v) is 3.04. The molecule has 0 saturated carbocycles. The lowest BCUT2D eigenvalue weighted by molar-refractivity contribution is 0.112. The molecule has 2 aromatic carbocycles. The van der Waals surface area contributed by atoms with Crippen molar-refractivity contribution < 1.29 is 14.3 Å². The SMILES string of the molecule is COc1ccc(Br)c(Oc2ccc(C=O)cc2)c1. The summed E-state index contributed by atoms with van der Waals surface area (Å²) in [5, 5.41) is 0. The third kappa shape index (κ3) is 2.90. The Bertz CT molecular complexity index is 549. The van der Waals surface area contributed by atoms with E-state index >= 15 is 0 Å². The van der Waals surface area contributed by atoms with Crippen LogP contribution in [0.5, 0.6) is 17.2 Å². The van der Waals surface area contributed by atoms with E-state index in [-0.39, 0.29) is 0 Å². The molecule has 0 fully saturated rings. The summed E-state index contributed by atoms with van der Waals surface area (Å²) in [4.78, 5) is 10.5. The molecule has 0 aliphatic heterocycles. The van der Waals surface area contributed by atoms with E-state index in [4.69, 9.17) is 9.47 Å². The largest absolute Gasteiger partial charge is 0.497 e. The number of methoxy groups -OCH3 is 1. The summed E-state index contributed by atoms with van der Waals surface area (Å²) >= 11 is 3.41. The molecule has 0 bridgehead atoms. The van der Waals surface area contributed by atoms with Gasteiger partial charge in [-0.2, -0.15) is 0 Å². The first-order valence-corrected chi connectivity index (χ1v) is 6.09. The molecule has 0 aliphatic rings. The van der Waals surface area contributed by atoms with Crippen molar-refractivity contribution in [2.24, 2.45) is 0 Å². The van der Waals surface area contributed by atoms with Crippen molar-refractivity contribution in [3.05, 3.63) is 52.5 Å². The molecule has 0 atom stereocenters.